The molecule has 0 radical (unpaired) electrons. The standard InChI is InChI=1S/C18H21ClN2O/c1-21(17-8-3-2-4-9-17)18(22)11-13-20-12-10-15-6-5-7-16(19)14-15/h2-9,14,20H,10-13H2,1H3. The van der Waals surface area contributed by atoms with Gasteiger partial charge in [-0.1, -0.05) is 41.9 Å². The summed E-state index contributed by atoms with van der Waals surface area (Å²) >= 11 is 5.95. The van der Waals surface area contributed by atoms with Gasteiger partial charge in [0.2, 0.25) is 5.91 Å². The molecule has 0 saturated carbocycles. The highest BCUT2D eigenvalue weighted by atomic mass is 35.5. The van der Waals surface area contributed by atoms with Gasteiger partial charge >= 0.3 is 0 Å². The summed E-state index contributed by atoms with van der Waals surface area (Å²) in [7, 11) is 1.81. The number of benzene rings is 2. The van der Waals surface area contributed by atoms with Crippen LogP contribution in [0.5, 0.6) is 0 Å². The van der Waals surface area contributed by atoms with Crippen LogP contribution < -0.4 is 10.2 Å². The molecule has 0 unspecified atom stereocenters. The normalized spacial score (nSPS) is 10.5. The van der Waals surface area contributed by atoms with E-state index in [2.05, 4.69) is 11.4 Å². The molecule has 0 bridgehead atoms. The first-order valence-electron chi connectivity index (χ1n) is 7.43. The Kier molecular flexibility index (Phi) is 6.44. The van der Waals surface area contributed by atoms with Gasteiger partial charge in [0, 0.05) is 30.7 Å². The Bertz CT molecular complexity index is 601. The fraction of sp³-hybridized carbons (Fsp3) is 0.278. The van der Waals surface area contributed by atoms with Crippen molar-refractivity contribution in [2.75, 3.05) is 25.0 Å². The van der Waals surface area contributed by atoms with Crippen molar-refractivity contribution in [3.63, 3.8) is 0 Å². The number of carbonyl (C=O) groups excluding carboxylic acids is 1. The smallest absolute Gasteiger partial charge is 0.227 e. The molecule has 0 heterocycles. The van der Waals surface area contributed by atoms with Gasteiger partial charge < -0.3 is 10.2 Å². The van der Waals surface area contributed by atoms with Gasteiger partial charge in [-0.15, -0.1) is 0 Å². The van der Waals surface area contributed by atoms with E-state index in [0.717, 1.165) is 23.7 Å². The van der Waals surface area contributed by atoms with Crippen LogP contribution in [0.25, 0.3) is 0 Å². The SMILES string of the molecule is CN(C(=O)CCNCCc1cccc(Cl)c1)c1ccccc1. The fourth-order valence-electron chi connectivity index (χ4n) is 2.21. The van der Waals surface area contributed by atoms with E-state index in [1.54, 1.807) is 4.90 Å². The Morgan fingerprint density at radius 2 is 1.86 bits per heavy atom. The lowest BCUT2D eigenvalue weighted by Crippen LogP contribution is -2.30. The second kappa shape index (κ2) is 8.57. The number of nitrogens with zero attached hydrogens (tertiary/aromatic N) is 1. The summed E-state index contributed by atoms with van der Waals surface area (Å²) in [6.45, 7) is 1.51. The Morgan fingerprint density at radius 1 is 1.09 bits per heavy atom. The van der Waals surface area contributed by atoms with Gasteiger partial charge in [-0.25, -0.2) is 0 Å². The fourth-order valence-corrected chi connectivity index (χ4v) is 2.42. The zero-order valence-corrected chi connectivity index (χ0v) is 13.5. The summed E-state index contributed by atoms with van der Waals surface area (Å²) in [5.41, 5.74) is 2.12. The second-order valence-corrected chi connectivity index (χ2v) is 5.60. The second-order valence-electron chi connectivity index (χ2n) is 5.17. The highest BCUT2D eigenvalue weighted by Gasteiger charge is 2.09. The highest BCUT2D eigenvalue weighted by molar-refractivity contribution is 6.30. The maximum absolute atomic E-state index is 12.1. The van der Waals surface area contributed by atoms with Crippen LogP contribution in [0.1, 0.15) is 12.0 Å². The number of carbonyl (C=O) groups is 1. The van der Waals surface area contributed by atoms with Crippen LogP contribution in [0.2, 0.25) is 5.02 Å². The highest BCUT2D eigenvalue weighted by Crippen LogP contribution is 2.12. The zero-order valence-electron chi connectivity index (χ0n) is 12.8. The predicted octanol–water partition coefficient (Wildman–Crippen LogP) is 3.53. The van der Waals surface area contributed by atoms with E-state index in [0.29, 0.717) is 13.0 Å². The van der Waals surface area contributed by atoms with Gasteiger partial charge in [0.25, 0.3) is 0 Å². The molecule has 2 aromatic carbocycles. The Balaban J connectivity index is 1.67. The minimum atomic E-state index is 0.112. The molecular weight excluding hydrogens is 296 g/mol. The Morgan fingerprint density at radius 3 is 2.59 bits per heavy atom. The first-order valence-corrected chi connectivity index (χ1v) is 7.81. The van der Waals surface area contributed by atoms with Crippen LogP contribution in [-0.2, 0) is 11.2 Å². The molecular formula is C18H21ClN2O. The van der Waals surface area contributed by atoms with Crippen molar-refractivity contribution >= 4 is 23.2 Å². The zero-order chi connectivity index (χ0) is 15.8. The number of hydrogen-bond donors (Lipinski definition) is 1. The number of anilines is 1. The van der Waals surface area contributed by atoms with Crippen molar-refractivity contribution in [3.8, 4) is 0 Å². The summed E-state index contributed by atoms with van der Waals surface area (Å²) in [5, 5.41) is 4.06. The van der Waals surface area contributed by atoms with Crippen LogP contribution in [0, 0.1) is 0 Å². The minimum absolute atomic E-state index is 0.112. The molecule has 1 amide bonds. The Labute approximate surface area is 136 Å². The predicted molar refractivity (Wildman–Crippen MR) is 92.5 cm³/mol. The average molecular weight is 317 g/mol. The Hall–Kier alpha value is -1.84. The number of amides is 1. The first-order chi connectivity index (χ1) is 10.7. The molecule has 0 spiro atoms. The molecule has 2 aromatic rings. The van der Waals surface area contributed by atoms with Crippen LogP contribution >= 0.6 is 11.6 Å². The lowest BCUT2D eigenvalue weighted by Gasteiger charge is -2.17. The molecule has 0 aliphatic carbocycles. The van der Waals surface area contributed by atoms with Gasteiger partial charge in [0.1, 0.15) is 0 Å². The van der Waals surface area contributed by atoms with Crippen molar-refractivity contribution in [1.29, 1.82) is 0 Å². The topological polar surface area (TPSA) is 32.3 Å². The minimum Gasteiger partial charge on any atom is -0.316 e. The van der Waals surface area contributed by atoms with Crippen LogP contribution in [-0.4, -0.2) is 26.0 Å². The van der Waals surface area contributed by atoms with Gasteiger partial charge in [-0.3, -0.25) is 4.79 Å². The van der Waals surface area contributed by atoms with Gasteiger partial charge in [0.05, 0.1) is 0 Å². The summed E-state index contributed by atoms with van der Waals surface area (Å²) in [6.07, 6.45) is 1.39. The van der Waals surface area contributed by atoms with E-state index in [1.807, 2.05) is 55.6 Å². The molecule has 2 rings (SSSR count). The molecule has 116 valence electrons. The summed E-state index contributed by atoms with van der Waals surface area (Å²) in [6, 6.07) is 17.5. The molecule has 0 saturated heterocycles. The number of halogens is 1. The van der Waals surface area contributed by atoms with Crippen molar-refractivity contribution in [2.45, 2.75) is 12.8 Å². The third-order valence-corrected chi connectivity index (χ3v) is 3.75. The summed E-state index contributed by atoms with van der Waals surface area (Å²) in [4.78, 5) is 13.8. The third-order valence-electron chi connectivity index (χ3n) is 3.51. The lowest BCUT2D eigenvalue weighted by molar-refractivity contribution is -0.118. The molecule has 0 aromatic heterocycles. The van der Waals surface area contributed by atoms with Crippen molar-refractivity contribution in [1.82, 2.24) is 5.32 Å². The number of rotatable bonds is 7. The molecule has 0 fully saturated rings. The maximum Gasteiger partial charge on any atom is 0.227 e. The molecule has 0 aliphatic rings. The number of nitrogens with one attached hydrogen (secondary N) is 1. The summed E-state index contributed by atoms with van der Waals surface area (Å²) < 4.78 is 0. The van der Waals surface area contributed by atoms with Crippen LogP contribution in [0.3, 0.4) is 0 Å². The van der Waals surface area contributed by atoms with Gasteiger partial charge in [-0.2, -0.15) is 0 Å². The molecule has 1 N–H and O–H groups in total. The summed E-state index contributed by atoms with van der Waals surface area (Å²) in [5.74, 6) is 0.112. The van der Waals surface area contributed by atoms with E-state index in [1.165, 1.54) is 5.56 Å². The largest absolute Gasteiger partial charge is 0.316 e. The van der Waals surface area contributed by atoms with E-state index in [-0.39, 0.29) is 5.91 Å². The van der Waals surface area contributed by atoms with Crippen LogP contribution in [0.15, 0.2) is 54.6 Å². The van der Waals surface area contributed by atoms with Gasteiger partial charge in [0.15, 0.2) is 0 Å². The van der Waals surface area contributed by atoms with E-state index < -0.39 is 0 Å². The molecule has 0 aliphatic heterocycles. The number of hydrogen-bond acceptors (Lipinski definition) is 2. The third kappa shape index (κ3) is 5.17. The first kappa shape index (κ1) is 16.5. The molecule has 3 nitrogen and oxygen atoms in total. The van der Waals surface area contributed by atoms with Crippen molar-refractivity contribution in [2.24, 2.45) is 0 Å². The molecule has 22 heavy (non-hydrogen) atoms. The van der Waals surface area contributed by atoms with Crippen LogP contribution in [0.4, 0.5) is 5.69 Å². The van der Waals surface area contributed by atoms with Crippen molar-refractivity contribution < 1.29 is 4.79 Å². The van der Waals surface area contributed by atoms with Gasteiger partial charge in [-0.05, 0) is 42.8 Å². The molecule has 4 heteroatoms. The van der Waals surface area contributed by atoms with E-state index in [4.69, 9.17) is 11.6 Å². The number of para-hydroxylation sites is 1. The maximum atomic E-state index is 12.1. The average Bonchev–Trinajstić information content (AvgIpc) is 2.54. The van der Waals surface area contributed by atoms with E-state index >= 15 is 0 Å². The lowest BCUT2D eigenvalue weighted by atomic mass is 10.1. The monoisotopic (exact) mass is 316 g/mol. The van der Waals surface area contributed by atoms with E-state index in [9.17, 15) is 4.79 Å². The van der Waals surface area contributed by atoms with Crippen molar-refractivity contribution in [3.05, 3.63) is 65.2 Å². The molecule has 0 atom stereocenters. The quantitative estimate of drug-likeness (QED) is 0.793.